The van der Waals surface area contributed by atoms with Gasteiger partial charge in [-0.05, 0) is 6.92 Å². The van der Waals surface area contributed by atoms with Gasteiger partial charge < -0.3 is 9.64 Å². The summed E-state index contributed by atoms with van der Waals surface area (Å²) >= 11 is 0. The van der Waals surface area contributed by atoms with E-state index in [1.54, 1.807) is 23.3 Å². The van der Waals surface area contributed by atoms with Crippen molar-refractivity contribution in [1.82, 2.24) is 24.5 Å². The van der Waals surface area contributed by atoms with Crippen LogP contribution in [0, 0.1) is 0 Å². The first kappa shape index (κ1) is 12.8. The van der Waals surface area contributed by atoms with Crippen molar-refractivity contribution in [2.45, 2.75) is 13.0 Å². The second kappa shape index (κ2) is 5.39. The summed E-state index contributed by atoms with van der Waals surface area (Å²) in [5.41, 5.74) is 2.47. The molecule has 3 N–H and O–H groups in total. The van der Waals surface area contributed by atoms with E-state index in [2.05, 4.69) is 37.2 Å². The molecule has 20 heavy (non-hydrogen) atoms. The highest BCUT2D eigenvalue weighted by atomic mass is 16.5. The van der Waals surface area contributed by atoms with E-state index < -0.39 is 0 Å². The molecule has 0 radical (unpaired) electrons. The number of imidazole rings is 1. The fraction of sp³-hybridized carbons (Fsp3) is 0.455. The molecule has 0 spiro atoms. The standard InChI is InChI=1S/C11H16N8O/c1-8-6-20-5-4-19(8)11-15-9(17-12)14-10(16-11)18-3-2-13-7-18/h2-3,7-8H,4-6,12H2,1H3,(H,14,15,16,17). The lowest BCUT2D eigenvalue weighted by atomic mass is 10.3. The first-order chi connectivity index (χ1) is 9.78. The number of rotatable bonds is 3. The average Bonchev–Trinajstić information content (AvgIpc) is 3.01. The van der Waals surface area contributed by atoms with E-state index in [4.69, 9.17) is 10.6 Å². The zero-order chi connectivity index (χ0) is 13.9. The smallest absolute Gasteiger partial charge is 0.243 e. The number of nitrogens with zero attached hydrogens (tertiary/aromatic N) is 6. The molecule has 1 fully saturated rings. The number of ether oxygens (including phenoxy) is 1. The molecule has 1 aliphatic heterocycles. The summed E-state index contributed by atoms with van der Waals surface area (Å²) in [4.78, 5) is 19.1. The molecule has 106 valence electrons. The van der Waals surface area contributed by atoms with Gasteiger partial charge in [-0.25, -0.2) is 10.8 Å². The maximum absolute atomic E-state index is 5.43. The van der Waals surface area contributed by atoms with Gasteiger partial charge >= 0.3 is 0 Å². The summed E-state index contributed by atoms with van der Waals surface area (Å²) in [6, 6.07) is 0.201. The molecule has 1 atom stereocenters. The Hall–Kier alpha value is -2.26. The monoisotopic (exact) mass is 276 g/mol. The number of hydrazine groups is 1. The molecule has 9 heteroatoms. The number of morpholine rings is 1. The topological polar surface area (TPSA) is 107 Å². The number of hydrogen-bond acceptors (Lipinski definition) is 8. The second-order valence-corrected chi connectivity index (χ2v) is 4.49. The minimum atomic E-state index is 0.201. The van der Waals surface area contributed by atoms with Crippen LogP contribution in [0.4, 0.5) is 11.9 Å². The van der Waals surface area contributed by atoms with Crippen LogP contribution in [0.25, 0.3) is 5.95 Å². The molecule has 9 nitrogen and oxygen atoms in total. The summed E-state index contributed by atoms with van der Waals surface area (Å²) in [7, 11) is 0. The third-order valence-corrected chi connectivity index (χ3v) is 3.10. The van der Waals surface area contributed by atoms with E-state index in [9.17, 15) is 0 Å². The number of hydrogen-bond donors (Lipinski definition) is 2. The molecule has 1 saturated heterocycles. The first-order valence-electron chi connectivity index (χ1n) is 6.33. The number of aromatic nitrogens is 5. The Bertz CT molecular complexity index is 572. The molecule has 0 saturated carbocycles. The fourth-order valence-corrected chi connectivity index (χ4v) is 2.06. The Balaban J connectivity index is 1.99. The van der Waals surface area contributed by atoms with Crippen molar-refractivity contribution < 1.29 is 4.74 Å². The fourth-order valence-electron chi connectivity index (χ4n) is 2.06. The summed E-state index contributed by atoms with van der Waals surface area (Å²) in [6.07, 6.45) is 5.06. The van der Waals surface area contributed by atoms with Crippen LogP contribution >= 0.6 is 0 Å². The third kappa shape index (κ3) is 2.40. The molecular formula is C11H16N8O. The normalized spacial score (nSPS) is 19.1. The molecule has 3 heterocycles. The van der Waals surface area contributed by atoms with Gasteiger partial charge in [-0.1, -0.05) is 0 Å². The summed E-state index contributed by atoms with van der Waals surface area (Å²) in [5.74, 6) is 6.80. The maximum Gasteiger partial charge on any atom is 0.243 e. The highest BCUT2D eigenvalue weighted by Gasteiger charge is 2.22. The quantitative estimate of drug-likeness (QED) is 0.574. The summed E-state index contributed by atoms with van der Waals surface area (Å²) < 4.78 is 7.13. The molecule has 3 rings (SSSR count). The molecule has 0 bridgehead atoms. The largest absolute Gasteiger partial charge is 0.377 e. The van der Waals surface area contributed by atoms with Crippen LogP contribution in [0.3, 0.4) is 0 Å². The van der Waals surface area contributed by atoms with E-state index >= 15 is 0 Å². The van der Waals surface area contributed by atoms with Crippen molar-refractivity contribution in [1.29, 1.82) is 0 Å². The van der Waals surface area contributed by atoms with Crippen molar-refractivity contribution in [3.8, 4) is 5.95 Å². The Morgan fingerprint density at radius 1 is 1.35 bits per heavy atom. The van der Waals surface area contributed by atoms with Gasteiger partial charge in [0, 0.05) is 18.9 Å². The van der Waals surface area contributed by atoms with Crippen LogP contribution in [0.2, 0.25) is 0 Å². The maximum atomic E-state index is 5.43. The van der Waals surface area contributed by atoms with Crippen molar-refractivity contribution in [2.24, 2.45) is 5.84 Å². The minimum absolute atomic E-state index is 0.201. The van der Waals surface area contributed by atoms with Crippen LogP contribution in [-0.4, -0.2) is 50.3 Å². The highest BCUT2D eigenvalue weighted by Crippen LogP contribution is 2.17. The zero-order valence-electron chi connectivity index (χ0n) is 11.1. The molecule has 0 amide bonds. The Labute approximate surface area is 115 Å². The van der Waals surface area contributed by atoms with Crippen LogP contribution in [0.15, 0.2) is 18.7 Å². The number of nitrogens with one attached hydrogen (secondary N) is 1. The van der Waals surface area contributed by atoms with E-state index in [1.807, 2.05) is 0 Å². The van der Waals surface area contributed by atoms with Gasteiger partial charge in [-0.2, -0.15) is 15.0 Å². The van der Waals surface area contributed by atoms with E-state index in [1.165, 1.54) is 0 Å². The summed E-state index contributed by atoms with van der Waals surface area (Å²) in [6.45, 7) is 4.10. The zero-order valence-corrected chi connectivity index (χ0v) is 11.1. The van der Waals surface area contributed by atoms with E-state index in [-0.39, 0.29) is 6.04 Å². The minimum Gasteiger partial charge on any atom is -0.377 e. The molecular weight excluding hydrogens is 260 g/mol. The average molecular weight is 276 g/mol. The number of nitrogen functional groups attached to an aromatic ring is 1. The lowest BCUT2D eigenvalue weighted by Crippen LogP contribution is -2.44. The molecule has 0 aromatic carbocycles. The number of anilines is 2. The lowest BCUT2D eigenvalue weighted by molar-refractivity contribution is 0.0980. The molecule has 1 unspecified atom stereocenters. The van der Waals surface area contributed by atoms with Gasteiger partial charge in [0.05, 0.1) is 19.3 Å². The first-order valence-corrected chi connectivity index (χ1v) is 6.33. The third-order valence-electron chi connectivity index (χ3n) is 3.10. The van der Waals surface area contributed by atoms with Crippen LogP contribution < -0.4 is 16.2 Å². The van der Waals surface area contributed by atoms with Crippen LogP contribution in [0.1, 0.15) is 6.92 Å². The lowest BCUT2D eigenvalue weighted by Gasteiger charge is -2.33. The van der Waals surface area contributed by atoms with Crippen LogP contribution in [-0.2, 0) is 4.74 Å². The molecule has 2 aromatic heterocycles. The summed E-state index contributed by atoms with van der Waals surface area (Å²) in [5, 5.41) is 0. The van der Waals surface area contributed by atoms with Gasteiger partial charge in [-0.15, -0.1) is 0 Å². The molecule has 0 aliphatic carbocycles. The second-order valence-electron chi connectivity index (χ2n) is 4.49. The van der Waals surface area contributed by atoms with Gasteiger partial charge in [0.1, 0.15) is 6.33 Å². The molecule has 1 aliphatic rings. The Kier molecular flexibility index (Phi) is 3.44. The van der Waals surface area contributed by atoms with Gasteiger partial charge in [0.15, 0.2) is 0 Å². The number of nitrogens with two attached hydrogens (primary N) is 1. The van der Waals surface area contributed by atoms with Gasteiger partial charge in [0.2, 0.25) is 17.8 Å². The van der Waals surface area contributed by atoms with Crippen molar-refractivity contribution >= 4 is 11.9 Å². The molecule has 2 aromatic rings. The van der Waals surface area contributed by atoms with Gasteiger partial charge in [-0.3, -0.25) is 9.99 Å². The Morgan fingerprint density at radius 2 is 2.20 bits per heavy atom. The van der Waals surface area contributed by atoms with Crippen LogP contribution in [0.5, 0.6) is 0 Å². The predicted molar refractivity (Wildman–Crippen MR) is 72.4 cm³/mol. The van der Waals surface area contributed by atoms with Crippen molar-refractivity contribution in [3.63, 3.8) is 0 Å². The SMILES string of the molecule is CC1COCCN1c1nc(NN)nc(-n2ccnc2)n1. The Morgan fingerprint density at radius 3 is 2.90 bits per heavy atom. The predicted octanol–water partition coefficient (Wildman–Crippen LogP) is -0.432. The highest BCUT2D eigenvalue weighted by molar-refractivity contribution is 5.40. The van der Waals surface area contributed by atoms with E-state index in [0.717, 1.165) is 6.54 Å². The van der Waals surface area contributed by atoms with Gasteiger partial charge in [0.25, 0.3) is 0 Å². The van der Waals surface area contributed by atoms with Crippen molar-refractivity contribution in [3.05, 3.63) is 18.7 Å². The van der Waals surface area contributed by atoms with Crippen molar-refractivity contribution in [2.75, 3.05) is 30.1 Å². The van der Waals surface area contributed by atoms with E-state index in [0.29, 0.717) is 31.1 Å².